The van der Waals surface area contributed by atoms with E-state index in [0.717, 1.165) is 6.42 Å². The molecule has 0 atom stereocenters. The van der Waals surface area contributed by atoms with E-state index in [2.05, 4.69) is 77.5 Å². The van der Waals surface area contributed by atoms with Crippen molar-refractivity contribution in [3.05, 3.63) is 84.2 Å². The Morgan fingerprint density at radius 3 is 2.47 bits per heavy atom. The number of benzene rings is 2. The van der Waals surface area contributed by atoms with E-state index in [1.807, 2.05) is 0 Å². The average Bonchev–Trinajstić information content (AvgIpc) is 2.87. The van der Waals surface area contributed by atoms with Gasteiger partial charge in [0.15, 0.2) is 11.9 Å². The highest BCUT2D eigenvalue weighted by Gasteiger charge is 2.28. The molecule has 1 nitrogen and oxygen atoms in total. The van der Waals surface area contributed by atoms with Gasteiger partial charge in [-0.2, -0.15) is 4.57 Å². The molecule has 90 valence electrons. The SMILES string of the molecule is c1ccc(-c2cccc3c2Cc2cccc[n+]2-3)cc1. The molecule has 1 aliphatic rings. The van der Waals surface area contributed by atoms with Gasteiger partial charge in [-0.3, -0.25) is 0 Å². The van der Waals surface area contributed by atoms with E-state index in [4.69, 9.17) is 0 Å². The summed E-state index contributed by atoms with van der Waals surface area (Å²) in [5, 5.41) is 0. The topological polar surface area (TPSA) is 3.88 Å². The van der Waals surface area contributed by atoms with E-state index in [1.54, 1.807) is 0 Å². The minimum absolute atomic E-state index is 1.02. The molecule has 0 unspecified atom stereocenters. The predicted molar refractivity (Wildman–Crippen MR) is 76.2 cm³/mol. The van der Waals surface area contributed by atoms with Gasteiger partial charge in [-0.1, -0.05) is 48.5 Å². The lowest BCUT2D eigenvalue weighted by atomic mass is 9.97. The lowest BCUT2D eigenvalue weighted by Crippen LogP contribution is -2.30. The van der Waals surface area contributed by atoms with Gasteiger partial charge in [0, 0.05) is 23.8 Å². The molecule has 2 heterocycles. The van der Waals surface area contributed by atoms with Crippen LogP contribution in [0, 0.1) is 0 Å². The van der Waals surface area contributed by atoms with Crippen LogP contribution in [0.3, 0.4) is 0 Å². The first-order valence-corrected chi connectivity index (χ1v) is 6.61. The lowest BCUT2D eigenvalue weighted by molar-refractivity contribution is -0.597. The largest absolute Gasteiger partial charge is 0.215 e. The highest BCUT2D eigenvalue weighted by Crippen LogP contribution is 2.31. The summed E-state index contributed by atoms with van der Waals surface area (Å²) >= 11 is 0. The monoisotopic (exact) mass is 244 g/mol. The number of hydrogen-bond acceptors (Lipinski definition) is 0. The number of fused-ring (bicyclic) bond motifs is 3. The Bertz CT molecular complexity index is 745. The highest BCUT2D eigenvalue weighted by molar-refractivity contribution is 5.71. The van der Waals surface area contributed by atoms with Crippen molar-refractivity contribution in [2.45, 2.75) is 6.42 Å². The number of aromatic nitrogens is 1. The van der Waals surface area contributed by atoms with Crippen molar-refractivity contribution in [1.29, 1.82) is 0 Å². The lowest BCUT2D eigenvalue weighted by Gasteiger charge is -2.04. The molecule has 0 saturated carbocycles. The molecule has 0 bridgehead atoms. The molecule has 1 heteroatoms. The average molecular weight is 244 g/mol. The van der Waals surface area contributed by atoms with Crippen molar-refractivity contribution in [2.75, 3.05) is 0 Å². The standard InChI is InChI=1S/C18H14N/c1-2-7-14(8-3-1)16-10-6-11-18-17(16)13-15-9-4-5-12-19(15)18/h1-12H,13H2/q+1. The summed E-state index contributed by atoms with van der Waals surface area (Å²) in [6, 6.07) is 23.6. The molecule has 2 aromatic carbocycles. The summed E-state index contributed by atoms with van der Waals surface area (Å²) in [4.78, 5) is 0. The normalized spacial score (nSPS) is 12.0. The van der Waals surface area contributed by atoms with Crippen LogP contribution in [0.5, 0.6) is 0 Å². The van der Waals surface area contributed by atoms with Crippen LogP contribution in [0.2, 0.25) is 0 Å². The number of pyridine rings is 1. The van der Waals surface area contributed by atoms with E-state index >= 15 is 0 Å². The van der Waals surface area contributed by atoms with Crippen LogP contribution < -0.4 is 4.57 Å². The molecular formula is C18H14N+. The van der Waals surface area contributed by atoms with E-state index in [9.17, 15) is 0 Å². The van der Waals surface area contributed by atoms with Crippen molar-refractivity contribution >= 4 is 0 Å². The molecule has 0 amide bonds. The smallest absolute Gasteiger partial charge is 0.164 e. The summed E-state index contributed by atoms with van der Waals surface area (Å²) in [5.41, 5.74) is 6.76. The second-order valence-electron chi connectivity index (χ2n) is 4.91. The first kappa shape index (κ1) is 10.5. The maximum absolute atomic E-state index is 2.29. The first-order valence-electron chi connectivity index (χ1n) is 6.61. The van der Waals surface area contributed by atoms with Crippen LogP contribution in [0.1, 0.15) is 11.3 Å². The molecule has 0 spiro atoms. The van der Waals surface area contributed by atoms with Gasteiger partial charge in [0.1, 0.15) is 0 Å². The third-order valence-electron chi connectivity index (χ3n) is 3.80. The zero-order valence-electron chi connectivity index (χ0n) is 10.6. The van der Waals surface area contributed by atoms with Crippen LogP contribution in [-0.4, -0.2) is 0 Å². The third-order valence-corrected chi connectivity index (χ3v) is 3.80. The Labute approximate surface area is 112 Å². The highest BCUT2D eigenvalue weighted by atomic mass is 15.0. The van der Waals surface area contributed by atoms with Gasteiger partial charge in [0.2, 0.25) is 5.69 Å². The maximum atomic E-state index is 2.29. The Kier molecular flexibility index (Phi) is 2.25. The molecule has 3 aromatic rings. The van der Waals surface area contributed by atoms with E-state index < -0.39 is 0 Å². The van der Waals surface area contributed by atoms with Crippen LogP contribution in [0.15, 0.2) is 72.9 Å². The Morgan fingerprint density at radius 2 is 1.58 bits per heavy atom. The van der Waals surface area contributed by atoms with Crippen LogP contribution in [0.25, 0.3) is 16.8 Å². The van der Waals surface area contributed by atoms with Crippen LogP contribution in [0.4, 0.5) is 0 Å². The van der Waals surface area contributed by atoms with Gasteiger partial charge >= 0.3 is 0 Å². The van der Waals surface area contributed by atoms with Crippen molar-refractivity contribution < 1.29 is 4.57 Å². The molecule has 4 rings (SSSR count). The number of nitrogens with zero attached hydrogens (tertiary/aromatic N) is 1. The Hall–Kier alpha value is -2.41. The summed E-state index contributed by atoms with van der Waals surface area (Å²) < 4.78 is 2.29. The summed E-state index contributed by atoms with van der Waals surface area (Å²) in [5.74, 6) is 0. The Balaban J connectivity index is 1.95. The number of rotatable bonds is 1. The fourth-order valence-corrected chi connectivity index (χ4v) is 2.91. The second kappa shape index (κ2) is 4.06. The fraction of sp³-hybridized carbons (Fsp3) is 0.0556. The minimum Gasteiger partial charge on any atom is -0.164 e. The number of hydrogen-bond donors (Lipinski definition) is 0. The van der Waals surface area contributed by atoms with E-state index in [1.165, 1.54) is 28.1 Å². The molecule has 1 aliphatic heterocycles. The second-order valence-corrected chi connectivity index (χ2v) is 4.91. The van der Waals surface area contributed by atoms with Gasteiger partial charge in [-0.05, 0) is 11.1 Å². The van der Waals surface area contributed by atoms with Crippen LogP contribution in [-0.2, 0) is 6.42 Å². The molecule has 0 aliphatic carbocycles. The van der Waals surface area contributed by atoms with Gasteiger partial charge in [-0.15, -0.1) is 0 Å². The van der Waals surface area contributed by atoms with Gasteiger partial charge in [0.25, 0.3) is 0 Å². The van der Waals surface area contributed by atoms with Gasteiger partial charge in [0.05, 0.1) is 6.42 Å². The van der Waals surface area contributed by atoms with Crippen molar-refractivity contribution in [2.24, 2.45) is 0 Å². The van der Waals surface area contributed by atoms with Gasteiger partial charge < -0.3 is 0 Å². The zero-order chi connectivity index (χ0) is 12.7. The maximum Gasteiger partial charge on any atom is 0.215 e. The summed E-state index contributed by atoms with van der Waals surface area (Å²) in [7, 11) is 0. The van der Waals surface area contributed by atoms with Crippen molar-refractivity contribution in [1.82, 2.24) is 0 Å². The quantitative estimate of drug-likeness (QED) is 0.451. The molecule has 0 radical (unpaired) electrons. The van der Waals surface area contributed by atoms with Gasteiger partial charge in [-0.25, -0.2) is 0 Å². The molecule has 19 heavy (non-hydrogen) atoms. The van der Waals surface area contributed by atoms with Crippen molar-refractivity contribution in [3.8, 4) is 16.8 Å². The minimum atomic E-state index is 1.02. The molecule has 1 aromatic heterocycles. The zero-order valence-corrected chi connectivity index (χ0v) is 10.6. The van der Waals surface area contributed by atoms with Crippen LogP contribution >= 0.6 is 0 Å². The third kappa shape index (κ3) is 1.59. The first-order chi connectivity index (χ1) is 9.43. The molecule has 0 N–H and O–H groups in total. The molecule has 0 fully saturated rings. The van der Waals surface area contributed by atoms with Crippen molar-refractivity contribution in [3.63, 3.8) is 0 Å². The summed E-state index contributed by atoms with van der Waals surface area (Å²) in [6.45, 7) is 0. The fourth-order valence-electron chi connectivity index (χ4n) is 2.91. The molecule has 0 saturated heterocycles. The van der Waals surface area contributed by atoms with E-state index in [-0.39, 0.29) is 0 Å². The summed E-state index contributed by atoms with van der Waals surface area (Å²) in [6.07, 6.45) is 3.16. The molecular weight excluding hydrogens is 230 g/mol. The van der Waals surface area contributed by atoms with E-state index in [0.29, 0.717) is 0 Å². The Morgan fingerprint density at radius 1 is 0.737 bits per heavy atom. The predicted octanol–water partition coefficient (Wildman–Crippen LogP) is 3.53.